The quantitative estimate of drug-likeness (QED) is 0.192. The molecule has 0 saturated carbocycles. The number of benzene rings is 4. The van der Waals surface area contributed by atoms with E-state index in [1.807, 2.05) is 49.4 Å². The van der Waals surface area contributed by atoms with Crippen molar-refractivity contribution in [3.63, 3.8) is 0 Å². The highest BCUT2D eigenvalue weighted by Crippen LogP contribution is 2.34. The molecule has 1 N–H and O–H groups in total. The SMILES string of the molecule is COc1ccc(N(CC(=O)Nc2ccccc2SCc2ccc(Cl)cc2)S(=O)(=O)c2ccc(C)cc2)cc1OC. The van der Waals surface area contributed by atoms with Crippen molar-refractivity contribution in [2.45, 2.75) is 22.5 Å². The second kappa shape index (κ2) is 13.1. The molecule has 0 atom stereocenters. The predicted molar refractivity (Wildman–Crippen MR) is 161 cm³/mol. The summed E-state index contributed by atoms with van der Waals surface area (Å²) >= 11 is 7.55. The normalized spacial score (nSPS) is 11.1. The maximum absolute atomic E-state index is 13.8. The van der Waals surface area contributed by atoms with Gasteiger partial charge in [-0.15, -0.1) is 11.8 Å². The molecule has 0 aliphatic rings. The van der Waals surface area contributed by atoms with Crippen molar-refractivity contribution in [3.05, 3.63) is 107 Å². The molecule has 0 saturated heterocycles. The molecular formula is C30H29ClN2O5S2. The molecule has 0 bridgehead atoms. The van der Waals surface area contributed by atoms with Gasteiger partial charge < -0.3 is 14.8 Å². The number of nitrogens with one attached hydrogen (secondary N) is 1. The fourth-order valence-corrected chi connectivity index (χ4v) is 6.39. The number of rotatable bonds is 11. The van der Waals surface area contributed by atoms with Gasteiger partial charge in [0.05, 0.1) is 30.5 Å². The molecule has 0 heterocycles. The maximum Gasteiger partial charge on any atom is 0.264 e. The Morgan fingerprint density at radius 1 is 0.900 bits per heavy atom. The summed E-state index contributed by atoms with van der Waals surface area (Å²) in [5.41, 5.74) is 2.85. The van der Waals surface area contributed by atoms with Crippen molar-refractivity contribution in [2.24, 2.45) is 0 Å². The van der Waals surface area contributed by atoms with Gasteiger partial charge in [-0.2, -0.15) is 0 Å². The smallest absolute Gasteiger partial charge is 0.264 e. The molecule has 1 amide bonds. The van der Waals surface area contributed by atoms with Crippen molar-refractivity contribution in [1.82, 2.24) is 0 Å². The monoisotopic (exact) mass is 596 g/mol. The number of carbonyl (C=O) groups excluding carboxylic acids is 1. The van der Waals surface area contributed by atoms with Gasteiger partial charge in [0.25, 0.3) is 10.0 Å². The van der Waals surface area contributed by atoms with E-state index in [9.17, 15) is 13.2 Å². The maximum atomic E-state index is 13.8. The van der Waals surface area contributed by atoms with Crippen LogP contribution in [0.1, 0.15) is 11.1 Å². The molecule has 0 spiro atoms. The number of anilines is 2. The number of hydrogen-bond donors (Lipinski definition) is 1. The van der Waals surface area contributed by atoms with E-state index in [1.165, 1.54) is 32.4 Å². The first-order valence-corrected chi connectivity index (χ1v) is 15.1. The number of ether oxygens (including phenoxy) is 2. The third-order valence-electron chi connectivity index (χ3n) is 6.02. The minimum absolute atomic E-state index is 0.0691. The molecule has 0 aliphatic carbocycles. The van der Waals surface area contributed by atoms with Crippen LogP contribution in [0.5, 0.6) is 11.5 Å². The number of para-hydroxylation sites is 1. The molecule has 4 aromatic carbocycles. The van der Waals surface area contributed by atoms with Gasteiger partial charge in [0, 0.05) is 21.7 Å². The molecule has 0 radical (unpaired) electrons. The third kappa shape index (κ3) is 7.10. The second-order valence-corrected chi connectivity index (χ2v) is 12.1. The number of thioether (sulfide) groups is 1. The van der Waals surface area contributed by atoms with Crippen molar-refractivity contribution in [1.29, 1.82) is 0 Å². The van der Waals surface area contributed by atoms with Gasteiger partial charge >= 0.3 is 0 Å². The van der Waals surface area contributed by atoms with E-state index < -0.39 is 22.5 Å². The first kappa shape index (κ1) is 29.3. The Bertz CT molecular complexity index is 1580. The number of aryl methyl sites for hydroxylation is 1. The molecule has 40 heavy (non-hydrogen) atoms. The summed E-state index contributed by atoms with van der Waals surface area (Å²) in [7, 11) is -1.14. The Morgan fingerprint density at radius 3 is 2.25 bits per heavy atom. The van der Waals surface area contributed by atoms with Crippen LogP contribution in [-0.2, 0) is 20.6 Å². The van der Waals surface area contributed by atoms with E-state index in [4.69, 9.17) is 21.1 Å². The average Bonchev–Trinajstić information content (AvgIpc) is 2.96. The van der Waals surface area contributed by atoms with Gasteiger partial charge in [0.2, 0.25) is 5.91 Å². The minimum atomic E-state index is -4.10. The molecule has 0 aliphatic heterocycles. The second-order valence-electron chi connectivity index (χ2n) is 8.82. The van der Waals surface area contributed by atoms with Gasteiger partial charge in [-0.05, 0) is 61.0 Å². The molecule has 0 unspecified atom stereocenters. The van der Waals surface area contributed by atoms with Crippen molar-refractivity contribution in [3.8, 4) is 11.5 Å². The lowest BCUT2D eigenvalue weighted by Gasteiger charge is -2.25. The van der Waals surface area contributed by atoms with Crippen LogP contribution in [-0.4, -0.2) is 35.1 Å². The predicted octanol–water partition coefficient (Wildman–Crippen LogP) is 6.79. The lowest BCUT2D eigenvalue weighted by Crippen LogP contribution is -2.38. The first-order chi connectivity index (χ1) is 19.2. The number of nitrogens with zero attached hydrogens (tertiary/aromatic N) is 1. The van der Waals surface area contributed by atoms with Crippen LogP contribution in [0.3, 0.4) is 0 Å². The van der Waals surface area contributed by atoms with Crippen molar-refractivity contribution >= 4 is 50.7 Å². The van der Waals surface area contributed by atoms with Crippen LogP contribution in [0, 0.1) is 6.92 Å². The van der Waals surface area contributed by atoms with Crippen LogP contribution >= 0.6 is 23.4 Å². The fraction of sp³-hybridized carbons (Fsp3) is 0.167. The Labute approximate surface area is 244 Å². The van der Waals surface area contributed by atoms with Crippen LogP contribution < -0.4 is 19.1 Å². The number of hydrogen-bond acceptors (Lipinski definition) is 6. The highest BCUT2D eigenvalue weighted by Gasteiger charge is 2.28. The number of amides is 1. The molecule has 0 aromatic heterocycles. The Kier molecular flexibility index (Phi) is 9.63. The number of halogens is 1. The third-order valence-corrected chi connectivity index (χ3v) is 9.20. The van der Waals surface area contributed by atoms with E-state index >= 15 is 0 Å². The van der Waals surface area contributed by atoms with Gasteiger partial charge in [0.15, 0.2) is 11.5 Å². The Hall–Kier alpha value is -3.66. The summed E-state index contributed by atoms with van der Waals surface area (Å²) < 4.78 is 39.4. The van der Waals surface area contributed by atoms with Crippen LogP contribution in [0.4, 0.5) is 11.4 Å². The number of methoxy groups -OCH3 is 2. The largest absolute Gasteiger partial charge is 0.493 e. The van der Waals surface area contributed by atoms with E-state index in [-0.39, 0.29) is 10.6 Å². The molecule has 4 aromatic rings. The summed E-state index contributed by atoms with van der Waals surface area (Å²) in [6, 6.07) is 26.2. The lowest BCUT2D eigenvalue weighted by atomic mass is 10.2. The highest BCUT2D eigenvalue weighted by molar-refractivity contribution is 7.98. The molecule has 208 valence electrons. The van der Waals surface area contributed by atoms with Crippen LogP contribution in [0.2, 0.25) is 5.02 Å². The summed E-state index contributed by atoms with van der Waals surface area (Å²) in [6.45, 7) is 1.42. The van der Waals surface area contributed by atoms with E-state index in [0.717, 1.165) is 20.3 Å². The van der Waals surface area contributed by atoms with Gasteiger partial charge in [-0.1, -0.05) is 53.6 Å². The van der Waals surface area contributed by atoms with Crippen molar-refractivity contribution in [2.75, 3.05) is 30.4 Å². The first-order valence-electron chi connectivity index (χ1n) is 12.3. The van der Waals surface area contributed by atoms with E-state index in [2.05, 4.69) is 5.32 Å². The molecule has 0 fully saturated rings. The zero-order valence-electron chi connectivity index (χ0n) is 22.3. The topological polar surface area (TPSA) is 84.9 Å². The number of carbonyl (C=O) groups is 1. The summed E-state index contributed by atoms with van der Waals surface area (Å²) in [5, 5.41) is 3.56. The zero-order valence-corrected chi connectivity index (χ0v) is 24.6. The van der Waals surface area contributed by atoms with Gasteiger partial charge in [0.1, 0.15) is 6.54 Å². The summed E-state index contributed by atoms with van der Waals surface area (Å²) in [6.07, 6.45) is 0. The Balaban J connectivity index is 1.61. The van der Waals surface area contributed by atoms with Crippen LogP contribution in [0.15, 0.2) is 101 Å². The molecule has 10 heteroatoms. The minimum Gasteiger partial charge on any atom is -0.493 e. The zero-order chi connectivity index (χ0) is 28.7. The summed E-state index contributed by atoms with van der Waals surface area (Å²) in [5.74, 6) is 0.956. The lowest BCUT2D eigenvalue weighted by molar-refractivity contribution is -0.114. The van der Waals surface area contributed by atoms with Crippen LogP contribution in [0.25, 0.3) is 0 Å². The van der Waals surface area contributed by atoms with Crippen molar-refractivity contribution < 1.29 is 22.7 Å². The molecular weight excluding hydrogens is 568 g/mol. The highest BCUT2D eigenvalue weighted by atomic mass is 35.5. The molecule has 7 nitrogen and oxygen atoms in total. The Morgan fingerprint density at radius 2 is 1.57 bits per heavy atom. The van der Waals surface area contributed by atoms with Gasteiger partial charge in [-0.25, -0.2) is 8.42 Å². The van der Waals surface area contributed by atoms with E-state index in [1.54, 1.807) is 42.1 Å². The number of sulfonamides is 1. The van der Waals surface area contributed by atoms with E-state index in [0.29, 0.717) is 28.0 Å². The average molecular weight is 597 g/mol. The molecule has 4 rings (SSSR count). The summed E-state index contributed by atoms with van der Waals surface area (Å²) in [4.78, 5) is 14.3. The fourth-order valence-electron chi connectivity index (χ4n) is 3.89. The standard InChI is InChI=1S/C30H29ClN2O5S2/c1-21-8-15-25(16-9-21)40(35,36)33(24-14-17-27(37-2)28(18-24)38-3)19-30(34)32-26-6-4-5-7-29(26)39-20-22-10-12-23(31)13-11-22/h4-18H,19-20H2,1-3H3,(H,32,34). The van der Waals surface area contributed by atoms with Gasteiger partial charge in [-0.3, -0.25) is 9.10 Å².